The molecular formula is C16H13FN2O2. The molecule has 0 radical (unpaired) electrons. The monoisotopic (exact) mass is 284 g/mol. The largest absolute Gasteiger partial charge is 0.464 e. The van der Waals surface area contributed by atoms with Crippen LogP contribution in [0.1, 0.15) is 5.56 Å². The van der Waals surface area contributed by atoms with E-state index < -0.39 is 5.60 Å². The number of hydrogen-bond donors (Lipinski definition) is 1. The topological polar surface area (TPSA) is 49.5 Å². The predicted molar refractivity (Wildman–Crippen MR) is 76.5 cm³/mol. The SMILES string of the molecule is OC1(c2ccc(F)cc2)CN(c2nccc3occc23)C1. The zero-order valence-electron chi connectivity index (χ0n) is 11.2. The third-order valence-corrected chi connectivity index (χ3v) is 3.94. The maximum atomic E-state index is 13.0. The maximum absolute atomic E-state index is 13.0. The smallest absolute Gasteiger partial charge is 0.139 e. The van der Waals surface area contributed by atoms with E-state index >= 15 is 0 Å². The molecule has 1 N–H and O–H groups in total. The zero-order valence-corrected chi connectivity index (χ0v) is 11.2. The number of rotatable bonds is 2. The Morgan fingerprint density at radius 2 is 1.90 bits per heavy atom. The van der Waals surface area contributed by atoms with Gasteiger partial charge in [0.15, 0.2) is 0 Å². The number of fused-ring (bicyclic) bond motifs is 1. The van der Waals surface area contributed by atoms with Crippen molar-refractivity contribution in [1.29, 1.82) is 0 Å². The van der Waals surface area contributed by atoms with E-state index in [1.54, 1.807) is 24.6 Å². The molecule has 1 aromatic carbocycles. The van der Waals surface area contributed by atoms with Gasteiger partial charge in [-0.2, -0.15) is 0 Å². The first kappa shape index (κ1) is 12.3. The average Bonchev–Trinajstić information content (AvgIpc) is 2.93. The number of pyridine rings is 1. The molecule has 0 atom stereocenters. The summed E-state index contributed by atoms with van der Waals surface area (Å²) in [7, 11) is 0. The van der Waals surface area contributed by atoms with Crippen LogP contribution in [0.15, 0.2) is 53.3 Å². The first-order chi connectivity index (χ1) is 10.2. The lowest BCUT2D eigenvalue weighted by molar-refractivity contribution is 0.00719. The van der Waals surface area contributed by atoms with Crippen LogP contribution >= 0.6 is 0 Å². The molecule has 1 aliphatic heterocycles. The molecule has 1 fully saturated rings. The molecule has 5 heteroatoms. The number of aromatic nitrogens is 1. The van der Waals surface area contributed by atoms with Gasteiger partial charge in [0, 0.05) is 6.20 Å². The van der Waals surface area contributed by atoms with Gasteiger partial charge in [0.25, 0.3) is 0 Å². The van der Waals surface area contributed by atoms with E-state index in [1.165, 1.54) is 12.1 Å². The Balaban J connectivity index is 1.62. The Morgan fingerprint density at radius 1 is 1.14 bits per heavy atom. The fourth-order valence-corrected chi connectivity index (χ4v) is 2.81. The normalized spacial score (nSPS) is 17.0. The van der Waals surface area contributed by atoms with E-state index in [0.29, 0.717) is 13.1 Å². The molecule has 2 aromatic heterocycles. The number of β-amino-alcohol motifs (C(OH)–C–C–N with tert-alkyl or cyclic N) is 1. The fourth-order valence-electron chi connectivity index (χ4n) is 2.81. The third kappa shape index (κ3) is 1.89. The van der Waals surface area contributed by atoms with Crippen molar-refractivity contribution < 1.29 is 13.9 Å². The van der Waals surface area contributed by atoms with Gasteiger partial charge in [-0.05, 0) is 29.8 Å². The number of hydrogen-bond acceptors (Lipinski definition) is 4. The molecule has 106 valence electrons. The molecular weight excluding hydrogens is 271 g/mol. The highest BCUT2D eigenvalue weighted by Crippen LogP contribution is 2.37. The summed E-state index contributed by atoms with van der Waals surface area (Å²) in [4.78, 5) is 6.36. The van der Waals surface area contributed by atoms with Gasteiger partial charge in [0.2, 0.25) is 0 Å². The lowest BCUT2D eigenvalue weighted by atomic mass is 9.86. The molecule has 0 aliphatic carbocycles. The maximum Gasteiger partial charge on any atom is 0.139 e. The zero-order chi connectivity index (χ0) is 14.4. The molecule has 0 bridgehead atoms. The summed E-state index contributed by atoms with van der Waals surface area (Å²) >= 11 is 0. The van der Waals surface area contributed by atoms with Gasteiger partial charge in [0.05, 0.1) is 24.7 Å². The molecule has 4 rings (SSSR count). The number of aliphatic hydroxyl groups is 1. The summed E-state index contributed by atoms with van der Waals surface area (Å²) in [5, 5.41) is 11.5. The van der Waals surface area contributed by atoms with E-state index in [4.69, 9.17) is 4.42 Å². The van der Waals surface area contributed by atoms with Crippen molar-refractivity contribution in [2.45, 2.75) is 5.60 Å². The Kier molecular flexibility index (Phi) is 2.53. The second kappa shape index (κ2) is 4.30. The van der Waals surface area contributed by atoms with Gasteiger partial charge in [-0.1, -0.05) is 12.1 Å². The van der Waals surface area contributed by atoms with Crippen molar-refractivity contribution in [3.63, 3.8) is 0 Å². The van der Waals surface area contributed by atoms with Crippen LogP contribution in [0.4, 0.5) is 10.2 Å². The Morgan fingerprint density at radius 3 is 2.67 bits per heavy atom. The summed E-state index contributed by atoms with van der Waals surface area (Å²) in [6, 6.07) is 9.66. The summed E-state index contributed by atoms with van der Waals surface area (Å²) in [6.45, 7) is 0.853. The molecule has 1 saturated heterocycles. The van der Waals surface area contributed by atoms with Crippen LogP contribution in [-0.4, -0.2) is 23.2 Å². The van der Waals surface area contributed by atoms with Gasteiger partial charge in [-0.15, -0.1) is 0 Å². The highest BCUT2D eigenvalue weighted by atomic mass is 19.1. The highest BCUT2D eigenvalue weighted by Gasteiger charge is 2.43. The molecule has 1 aliphatic rings. The summed E-state index contributed by atoms with van der Waals surface area (Å²) in [5.74, 6) is 0.497. The Bertz CT molecular complexity index is 791. The van der Waals surface area contributed by atoms with Crippen molar-refractivity contribution in [2.75, 3.05) is 18.0 Å². The number of nitrogens with zero attached hydrogens (tertiary/aromatic N) is 2. The van der Waals surface area contributed by atoms with Crippen molar-refractivity contribution in [3.05, 3.63) is 60.2 Å². The van der Waals surface area contributed by atoms with E-state index in [2.05, 4.69) is 4.98 Å². The molecule has 0 spiro atoms. The summed E-state index contributed by atoms with van der Waals surface area (Å²) < 4.78 is 18.3. The minimum absolute atomic E-state index is 0.302. The van der Waals surface area contributed by atoms with Gasteiger partial charge in [-0.25, -0.2) is 9.37 Å². The van der Waals surface area contributed by atoms with E-state index in [-0.39, 0.29) is 5.82 Å². The molecule has 3 heterocycles. The first-order valence-corrected chi connectivity index (χ1v) is 6.71. The van der Waals surface area contributed by atoms with Crippen LogP contribution in [0.5, 0.6) is 0 Å². The number of halogens is 1. The molecule has 4 nitrogen and oxygen atoms in total. The Labute approximate surface area is 120 Å². The van der Waals surface area contributed by atoms with E-state index in [9.17, 15) is 9.50 Å². The quantitative estimate of drug-likeness (QED) is 0.786. The number of anilines is 1. The van der Waals surface area contributed by atoms with E-state index in [1.807, 2.05) is 17.0 Å². The third-order valence-electron chi connectivity index (χ3n) is 3.94. The molecule has 0 amide bonds. The predicted octanol–water partition coefficient (Wildman–Crippen LogP) is 2.67. The van der Waals surface area contributed by atoms with Crippen LogP contribution in [0.2, 0.25) is 0 Å². The van der Waals surface area contributed by atoms with E-state index in [0.717, 1.165) is 22.4 Å². The van der Waals surface area contributed by atoms with Crippen molar-refractivity contribution >= 4 is 16.8 Å². The van der Waals surface area contributed by atoms with Gasteiger partial charge in [0.1, 0.15) is 22.8 Å². The number of furan rings is 1. The second-order valence-corrected chi connectivity index (χ2v) is 5.36. The van der Waals surface area contributed by atoms with Crippen LogP contribution in [0.25, 0.3) is 11.0 Å². The lowest BCUT2D eigenvalue weighted by Gasteiger charge is -2.47. The Hall–Kier alpha value is -2.40. The van der Waals surface area contributed by atoms with Crippen molar-refractivity contribution in [3.8, 4) is 0 Å². The average molecular weight is 284 g/mol. The number of benzene rings is 1. The molecule has 0 saturated carbocycles. The highest BCUT2D eigenvalue weighted by molar-refractivity contribution is 5.88. The molecule has 3 aromatic rings. The minimum atomic E-state index is -0.957. The first-order valence-electron chi connectivity index (χ1n) is 6.71. The van der Waals surface area contributed by atoms with Crippen molar-refractivity contribution in [2.24, 2.45) is 0 Å². The minimum Gasteiger partial charge on any atom is -0.464 e. The van der Waals surface area contributed by atoms with Crippen LogP contribution in [-0.2, 0) is 5.60 Å². The van der Waals surface area contributed by atoms with Crippen LogP contribution in [0.3, 0.4) is 0 Å². The van der Waals surface area contributed by atoms with Crippen LogP contribution < -0.4 is 4.90 Å². The van der Waals surface area contributed by atoms with Gasteiger partial charge < -0.3 is 14.4 Å². The van der Waals surface area contributed by atoms with Gasteiger partial charge >= 0.3 is 0 Å². The fraction of sp³-hybridized carbons (Fsp3) is 0.188. The summed E-state index contributed by atoms with van der Waals surface area (Å²) in [5.41, 5.74) is 0.540. The van der Waals surface area contributed by atoms with Crippen molar-refractivity contribution in [1.82, 2.24) is 4.98 Å². The van der Waals surface area contributed by atoms with Gasteiger partial charge in [-0.3, -0.25) is 0 Å². The summed E-state index contributed by atoms with van der Waals surface area (Å²) in [6.07, 6.45) is 3.32. The lowest BCUT2D eigenvalue weighted by Crippen LogP contribution is -2.59. The van der Waals surface area contributed by atoms with Crippen LogP contribution in [0, 0.1) is 5.82 Å². The second-order valence-electron chi connectivity index (χ2n) is 5.36. The molecule has 21 heavy (non-hydrogen) atoms. The molecule has 0 unspecified atom stereocenters. The standard InChI is InChI=1S/C16H13FN2O2/c17-12-3-1-11(2-4-12)16(20)9-19(10-16)15-13-6-8-21-14(13)5-7-18-15/h1-8,20H,9-10H2.